The van der Waals surface area contributed by atoms with Crippen molar-refractivity contribution in [1.29, 1.82) is 0 Å². The van der Waals surface area contributed by atoms with Gasteiger partial charge in [-0.3, -0.25) is 9.36 Å². The van der Waals surface area contributed by atoms with Gasteiger partial charge in [0.1, 0.15) is 30.1 Å². The maximum atomic E-state index is 12.5. The standard InChI is InChI=1S/C12H13F3N6O4/c13-12(14,15)11(24)20-5-7(23)4(1-22)25-10(5)21-3-19-6-8(16)17-2-18-9(6)21/h2-5,7,10,22-23H,1H2,(H,20,24)(H2,16,17,18). The van der Waals surface area contributed by atoms with Crippen molar-refractivity contribution >= 4 is 22.9 Å². The summed E-state index contributed by atoms with van der Waals surface area (Å²) in [6, 6.07) is -1.50. The molecular weight excluding hydrogens is 349 g/mol. The fourth-order valence-corrected chi connectivity index (χ4v) is 2.58. The zero-order chi connectivity index (χ0) is 18.4. The highest BCUT2D eigenvalue weighted by Crippen LogP contribution is 2.32. The van der Waals surface area contributed by atoms with Crippen molar-refractivity contribution in [2.24, 2.45) is 0 Å². The van der Waals surface area contributed by atoms with Gasteiger partial charge in [-0.2, -0.15) is 13.2 Å². The number of fused-ring (bicyclic) bond motifs is 1. The zero-order valence-electron chi connectivity index (χ0n) is 12.4. The number of amides is 1. The highest BCUT2D eigenvalue weighted by Gasteiger charge is 2.49. The number of aromatic nitrogens is 4. The molecule has 13 heteroatoms. The van der Waals surface area contributed by atoms with Gasteiger partial charge in [0.05, 0.1) is 12.9 Å². The number of carbonyl (C=O) groups is 1. The van der Waals surface area contributed by atoms with E-state index in [1.54, 1.807) is 5.32 Å². The molecule has 0 bridgehead atoms. The van der Waals surface area contributed by atoms with E-state index in [1.807, 2.05) is 0 Å². The Morgan fingerprint density at radius 1 is 1.40 bits per heavy atom. The molecule has 3 heterocycles. The molecule has 5 N–H and O–H groups in total. The Kier molecular flexibility index (Phi) is 4.22. The van der Waals surface area contributed by atoms with E-state index in [2.05, 4.69) is 15.0 Å². The highest BCUT2D eigenvalue weighted by molar-refractivity contribution is 5.82. The lowest BCUT2D eigenvalue weighted by molar-refractivity contribution is -0.175. The van der Waals surface area contributed by atoms with Crippen molar-refractivity contribution in [1.82, 2.24) is 24.8 Å². The van der Waals surface area contributed by atoms with Crippen LogP contribution in [0.15, 0.2) is 12.7 Å². The third kappa shape index (κ3) is 2.96. The van der Waals surface area contributed by atoms with Crippen molar-refractivity contribution in [3.63, 3.8) is 0 Å². The highest BCUT2D eigenvalue weighted by atomic mass is 19.4. The number of carbonyl (C=O) groups excluding carboxylic acids is 1. The quantitative estimate of drug-likeness (QED) is 0.527. The molecule has 1 saturated heterocycles. The molecule has 10 nitrogen and oxygen atoms in total. The molecule has 4 unspecified atom stereocenters. The largest absolute Gasteiger partial charge is 0.471 e. The first-order chi connectivity index (χ1) is 11.7. The second-order valence-electron chi connectivity index (χ2n) is 5.32. The van der Waals surface area contributed by atoms with Gasteiger partial charge in [-0.15, -0.1) is 0 Å². The molecule has 25 heavy (non-hydrogen) atoms. The molecule has 1 amide bonds. The van der Waals surface area contributed by atoms with Crippen LogP contribution >= 0.6 is 0 Å². The molecular formula is C12H13F3N6O4. The molecule has 3 rings (SSSR count). The lowest BCUT2D eigenvalue weighted by Gasteiger charge is -2.23. The van der Waals surface area contributed by atoms with Gasteiger partial charge >= 0.3 is 12.1 Å². The molecule has 1 aliphatic heterocycles. The predicted octanol–water partition coefficient (Wildman–Crippen LogP) is -1.29. The number of anilines is 1. The van der Waals surface area contributed by atoms with E-state index < -0.39 is 43.2 Å². The van der Waals surface area contributed by atoms with Crippen LogP contribution < -0.4 is 11.1 Å². The van der Waals surface area contributed by atoms with Crippen molar-refractivity contribution in [2.45, 2.75) is 30.7 Å². The Morgan fingerprint density at radius 3 is 2.76 bits per heavy atom. The minimum Gasteiger partial charge on any atom is -0.394 e. The molecule has 0 aliphatic carbocycles. The number of nitrogens with two attached hydrogens (primary N) is 1. The first-order valence-corrected chi connectivity index (χ1v) is 6.99. The number of alkyl halides is 3. The summed E-state index contributed by atoms with van der Waals surface area (Å²) in [4.78, 5) is 22.9. The first-order valence-electron chi connectivity index (χ1n) is 6.99. The molecule has 1 aliphatic rings. The average Bonchev–Trinajstić information content (AvgIpc) is 3.09. The number of halogens is 3. The van der Waals surface area contributed by atoms with Gasteiger partial charge in [0.2, 0.25) is 0 Å². The molecule has 1 fully saturated rings. The van der Waals surface area contributed by atoms with Gasteiger partial charge in [-0.1, -0.05) is 0 Å². The Labute approximate surface area is 137 Å². The first kappa shape index (κ1) is 17.3. The summed E-state index contributed by atoms with van der Waals surface area (Å²) in [6.07, 6.45) is -6.94. The van der Waals surface area contributed by atoms with Crippen molar-refractivity contribution in [3.8, 4) is 0 Å². The topological polar surface area (TPSA) is 148 Å². The number of aliphatic hydroxyl groups excluding tert-OH is 2. The zero-order valence-corrected chi connectivity index (χ0v) is 12.4. The van der Waals surface area contributed by atoms with Crippen molar-refractivity contribution < 1.29 is 32.9 Å². The summed E-state index contributed by atoms with van der Waals surface area (Å²) in [5.41, 5.74) is 5.95. The van der Waals surface area contributed by atoms with Gasteiger partial charge in [0.25, 0.3) is 0 Å². The second-order valence-corrected chi connectivity index (χ2v) is 5.32. The molecule has 0 saturated carbocycles. The Balaban J connectivity index is 1.99. The van der Waals surface area contributed by atoms with Gasteiger partial charge in [-0.25, -0.2) is 15.0 Å². The van der Waals surface area contributed by atoms with Crippen LogP contribution in [0, 0.1) is 0 Å². The molecule has 136 valence electrons. The normalized spacial score (nSPS) is 26.9. The molecule has 0 spiro atoms. The van der Waals surface area contributed by atoms with Crippen LogP contribution in [0.1, 0.15) is 6.23 Å². The third-order valence-electron chi connectivity index (χ3n) is 3.77. The maximum absolute atomic E-state index is 12.5. The summed E-state index contributed by atoms with van der Waals surface area (Å²) in [6.45, 7) is -0.667. The number of ether oxygens (including phenoxy) is 1. The van der Waals surface area contributed by atoms with Gasteiger partial charge in [0.15, 0.2) is 17.7 Å². The van der Waals surface area contributed by atoms with E-state index in [9.17, 15) is 28.2 Å². The maximum Gasteiger partial charge on any atom is 0.471 e. The number of hydrogen-bond acceptors (Lipinski definition) is 8. The summed E-state index contributed by atoms with van der Waals surface area (Å²) in [7, 11) is 0. The van der Waals surface area contributed by atoms with Crippen molar-refractivity contribution in [2.75, 3.05) is 12.3 Å². The Morgan fingerprint density at radius 2 is 2.12 bits per heavy atom. The third-order valence-corrected chi connectivity index (χ3v) is 3.77. The fourth-order valence-electron chi connectivity index (χ4n) is 2.58. The minimum absolute atomic E-state index is 0.0388. The van der Waals surface area contributed by atoms with Crippen LogP contribution in [0.2, 0.25) is 0 Å². The molecule has 0 radical (unpaired) electrons. The fraction of sp³-hybridized carbons (Fsp3) is 0.500. The van der Waals surface area contributed by atoms with E-state index in [0.717, 1.165) is 6.33 Å². The number of rotatable bonds is 3. The van der Waals surface area contributed by atoms with E-state index in [0.29, 0.717) is 0 Å². The second kappa shape index (κ2) is 6.09. The van der Waals surface area contributed by atoms with Crippen LogP contribution in [0.5, 0.6) is 0 Å². The number of aliphatic hydroxyl groups is 2. The lowest BCUT2D eigenvalue weighted by Crippen LogP contribution is -2.50. The summed E-state index contributed by atoms with van der Waals surface area (Å²) in [5, 5.41) is 21.0. The molecule has 2 aromatic rings. The van der Waals surface area contributed by atoms with Crippen LogP contribution in [0.3, 0.4) is 0 Å². The van der Waals surface area contributed by atoms with Crippen LogP contribution in [0.4, 0.5) is 19.0 Å². The smallest absolute Gasteiger partial charge is 0.394 e. The lowest BCUT2D eigenvalue weighted by atomic mass is 10.1. The SMILES string of the molecule is Nc1ncnc2c1ncn2C1OC(CO)C(O)C1NC(=O)C(F)(F)F. The summed E-state index contributed by atoms with van der Waals surface area (Å²) >= 11 is 0. The number of nitrogens with one attached hydrogen (secondary N) is 1. The van der Waals surface area contributed by atoms with E-state index >= 15 is 0 Å². The van der Waals surface area contributed by atoms with E-state index in [-0.39, 0.29) is 17.0 Å². The average molecular weight is 362 g/mol. The number of imidazole rings is 1. The van der Waals surface area contributed by atoms with E-state index in [4.69, 9.17) is 10.5 Å². The van der Waals surface area contributed by atoms with Gasteiger partial charge in [0, 0.05) is 0 Å². The number of nitrogen functional groups attached to an aromatic ring is 1. The van der Waals surface area contributed by atoms with Crippen LogP contribution in [0.25, 0.3) is 11.2 Å². The van der Waals surface area contributed by atoms with Crippen LogP contribution in [-0.2, 0) is 9.53 Å². The monoisotopic (exact) mass is 362 g/mol. The van der Waals surface area contributed by atoms with Gasteiger partial charge < -0.3 is 26.0 Å². The summed E-state index contributed by atoms with van der Waals surface area (Å²) in [5.74, 6) is -2.21. The predicted molar refractivity (Wildman–Crippen MR) is 74.7 cm³/mol. The van der Waals surface area contributed by atoms with E-state index in [1.165, 1.54) is 10.9 Å². The van der Waals surface area contributed by atoms with Crippen molar-refractivity contribution in [3.05, 3.63) is 12.7 Å². The molecule has 0 aromatic carbocycles. The Bertz CT molecular complexity index is 797. The summed E-state index contributed by atoms with van der Waals surface area (Å²) < 4.78 is 44.2. The van der Waals surface area contributed by atoms with Gasteiger partial charge in [-0.05, 0) is 0 Å². The Hall–Kier alpha value is -2.51. The minimum atomic E-state index is -5.15. The van der Waals surface area contributed by atoms with Crippen LogP contribution in [-0.4, -0.2) is 66.7 Å². The molecule has 4 atom stereocenters. The number of hydrogen-bond donors (Lipinski definition) is 4. The number of nitrogens with zero attached hydrogens (tertiary/aromatic N) is 4. The molecule has 2 aromatic heterocycles.